The molecule has 0 unspecified atom stereocenters. The molecule has 166 valence electrons. The van der Waals surface area contributed by atoms with Crippen LogP contribution in [0.1, 0.15) is 17.0 Å². The van der Waals surface area contributed by atoms with Crippen LogP contribution in [0.2, 0.25) is 5.02 Å². The first-order chi connectivity index (χ1) is 15.1. The van der Waals surface area contributed by atoms with Crippen LogP contribution in [0.25, 0.3) is 11.8 Å². The lowest BCUT2D eigenvalue weighted by atomic mass is 10.2. The summed E-state index contributed by atoms with van der Waals surface area (Å²) < 4.78 is 44.8. The number of benzene rings is 2. The maximum Gasteiger partial charge on any atom is 0.416 e. The second kappa shape index (κ2) is 9.60. The molecule has 0 saturated heterocycles. The number of aryl methyl sites for hydroxylation is 1. The Hall–Kier alpha value is -3.73. The van der Waals surface area contributed by atoms with Gasteiger partial charge in [-0.3, -0.25) is 4.79 Å². The predicted octanol–water partition coefficient (Wildman–Crippen LogP) is 3.83. The van der Waals surface area contributed by atoms with E-state index >= 15 is 0 Å². The van der Waals surface area contributed by atoms with E-state index in [2.05, 4.69) is 20.8 Å². The number of aromatic nitrogens is 4. The summed E-state index contributed by atoms with van der Waals surface area (Å²) >= 11 is 5.85. The Kier molecular flexibility index (Phi) is 6.89. The Balaban J connectivity index is 1.74. The molecule has 1 N–H and O–H groups in total. The Morgan fingerprint density at radius 1 is 1.19 bits per heavy atom. The third-order valence-electron chi connectivity index (χ3n) is 4.07. The second-order valence-electron chi connectivity index (χ2n) is 6.39. The van der Waals surface area contributed by atoms with Gasteiger partial charge in [-0.2, -0.15) is 17.9 Å². The molecule has 3 rings (SSSR count). The number of amides is 1. The van der Waals surface area contributed by atoms with Crippen LogP contribution in [0.4, 0.5) is 18.9 Å². The van der Waals surface area contributed by atoms with Gasteiger partial charge in [-0.05, 0) is 47.2 Å². The highest BCUT2D eigenvalue weighted by molar-refractivity contribution is 6.33. The predicted molar refractivity (Wildman–Crippen MR) is 109 cm³/mol. The van der Waals surface area contributed by atoms with E-state index in [-0.39, 0.29) is 16.4 Å². The molecule has 0 bridgehead atoms. The maximum atomic E-state index is 12.9. The molecule has 0 spiro atoms. The fourth-order valence-electron chi connectivity index (χ4n) is 2.56. The molecule has 0 atom stereocenters. The van der Waals surface area contributed by atoms with Gasteiger partial charge in [0.1, 0.15) is 0 Å². The van der Waals surface area contributed by atoms with Crippen molar-refractivity contribution in [1.29, 1.82) is 0 Å². The van der Waals surface area contributed by atoms with Gasteiger partial charge in [0.15, 0.2) is 18.1 Å². The van der Waals surface area contributed by atoms with Gasteiger partial charge in [-0.25, -0.2) is 4.79 Å². The molecule has 0 radical (unpaired) electrons. The van der Waals surface area contributed by atoms with Gasteiger partial charge < -0.3 is 10.1 Å². The summed E-state index contributed by atoms with van der Waals surface area (Å²) in [5.41, 5.74) is -0.673. The number of anilines is 1. The second-order valence-corrected chi connectivity index (χ2v) is 6.80. The molecule has 0 aliphatic rings. The van der Waals surface area contributed by atoms with Crippen LogP contribution >= 0.6 is 11.6 Å². The molecule has 0 fully saturated rings. The third-order valence-corrected chi connectivity index (χ3v) is 4.40. The topological polar surface area (TPSA) is 99.0 Å². The van der Waals surface area contributed by atoms with Crippen LogP contribution < -0.4 is 5.32 Å². The number of halogens is 4. The molecule has 32 heavy (non-hydrogen) atoms. The Bertz CT molecular complexity index is 1160. The van der Waals surface area contributed by atoms with Crippen molar-refractivity contribution in [2.75, 3.05) is 11.9 Å². The summed E-state index contributed by atoms with van der Waals surface area (Å²) in [6, 6.07) is 11.3. The van der Waals surface area contributed by atoms with Crippen molar-refractivity contribution < 1.29 is 27.5 Å². The Labute approximate surface area is 184 Å². The monoisotopic (exact) mass is 465 g/mol. The van der Waals surface area contributed by atoms with Crippen molar-refractivity contribution in [3.05, 3.63) is 70.5 Å². The van der Waals surface area contributed by atoms with Crippen molar-refractivity contribution in [3.63, 3.8) is 0 Å². The normalized spacial score (nSPS) is 11.8. The number of hydrogen-bond acceptors (Lipinski definition) is 6. The number of tetrazole rings is 1. The summed E-state index contributed by atoms with van der Waals surface area (Å²) in [4.78, 5) is 24.8. The average molecular weight is 466 g/mol. The lowest BCUT2D eigenvalue weighted by Crippen LogP contribution is -2.23. The summed E-state index contributed by atoms with van der Waals surface area (Å²) in [6.07, 6.45) is -3.15. The zero-order valence-corrected chi connectivity index (χ0v) is 17.2. The van der Waals surface area contributed by atoms with E-state index in [4.69, 9.17) is 16.3 Å². The number of nitrogens with one attached hydrogen (secondary N) is 1. The number of hydrogen-bond donors (Lipinski definition) is 1. The highest BCUT2D eigenvalue weighted by Gasteiger charge is 2.31. The fourth-order valence-corrected chi connectivity index (χ4v) is 2.72. The van der Waals surface area contributed by atoms with E-state index in [1.54, 1.807) is 37.3 Å². The van der Waals surface area contributed by atoms with Crippen molar-refractivity contribution in [3.8, 4) is 0 Å². The summed E-state index contributed by atoms with van der Waals surface area (Å²) in [5, 5.41) is 13.0. The minimum atomic E-state index is -4.61. The standard InChI is InChI=1S/C20H15ClF3N5O3/c1-12-26-27-28-29(12)17(9-13-5-3-2-4-6-13)19(31)32-11-18(30)25-16-10-14(20(22,23)24)7-8-15(16)21/h2-10H,11H2,1H3,(H,25,30)/b17-9-. The highest BCUT2D eigenvalue weighted by Crippen LogP contribution is 2.33. The van der Waals surface area contributed by atoms with Crippen LogP contribution in [0.3, 0.4) is 0 Å². The quantitative estimate of drug-likeness (QED) is 0.439. The minimum absolute atomic E-state index is 0.0661. The van der Waals surface area contributed by atoms with E-state index in [1.165, 1.54) is 6.08 Å². The summed E-state index contributed by atoms with van der Waals surface area (Å²) in [7, 11) is 0. The zero-order valence-electron chi connectivity index (χ0n) is 16.4. The lowest BCUT2D eigenvalue weighted by Gasteiger charge is -2.12. The van der Waals surface area contributed by atoms with Gasteiger partial charge >= 0.3 is 12.1 Å². The molecular weight excluding hydrogens is 451 g/mol. The first-order valence-electron chi connectivity index (χ1n) is 9.01. The van der Waals surface area contributed by atoms with E-state index in [0.717, 1.165) is 16.8 Å². The Morgan fingerprint density at radius 2 is 1.91 bits per heavy atom. The van der Waals surface area contributed by atoms with E-state index < -0.39 is 30.2 Å². The van der Waals surface area contributed by atoms with Gasteiger partial charge in [-0.1, -0.05) is 41.9 Å². The molecule has 1 amide bonds. The molecule has 12 heteroatoms. The molecule has 1 heterocycles. The fraction of sp³-hybridized carbons (Fsp3) is 0.150. The van der Waals surface area contributed by atoms with E-state index in [1.807, 2.05) is 0 Å². The number of carbonyl (C=O) groups is 2. The highest BCUT2D eigenvalue weighted by atomic mass is 35.5. The SMILES string of the molecule is Cc1nnnn1/C(=C\c1ccccc1)C(=O)OCC(=O)Nc1cc(C(F)(F)F)ccc1Cl. The molecule has 0 aliphatic carbocycles. The van der Waals surface area contributed by atoms with Crippen molar-refractivity contribution in [2.45, 2.75) is 13.1 Å². The molecule has 8 nitrogen and oxygen atoms in total. The molecule has 2 aromatic carbocycles. The van der Waals surface area contributed by atoms with Crippen LogP contribution in [-0.4, -0.2) is 38.7 Å². The zero-order chi connectivity index (χ0) is 23.3. The third kappa shape index (κ3) is 5.70. The van der Waals surface area contributed by atoms with Gasteiger partial charge in [0.2, 0.25) is 0 Å². The van der Waals surface area contributed by atoms with Gasteiger partial charge in [-0.15, -0.1) is 5.10 Å². The summed E-state index contributed by atoms with van der Waals surface area (Å²) in [6.45, 7) is 0.785. The molecule has 1 aromatic heterocycles. The smallest absolute Gasteiger partial charge is 0.416 e. The first kappa shape index (κ1) is 22.9. The molecular formula is C20H15ClF3N5O3. The maximum absolute atomic E-state index is 12.9. The summed E-state index contributed by atoms with van der Waals surface area (Å²) in [5.74, 6) is -1.51. The van der Waals surface area contributed by atoms with E-state index in [9.17, 15) is 22.8 Å². The van der Waals surface area contributed by atoms with Crippen LogP contribution in [0.5, 0.6) is 0 Å². The van der Waals surface area contributed by atoms with Crippen molar-refractivity contribution >= 4 is 40.9 Å². The van der Waals surface area contributed by atoms with Crippen molar-refractivity contribution in [2.24, 2.45) is 0 Å². The van der Waals surface area contributed by atoms with E-state index in [0.29, 0.717) is 17.5 Å². The molecule has 0 aliphatic heterocycles. The molecule has 0 saturated carbocycles. The number of ether oxygens (including phenoxy) is 1. The van der Waals surface area contributed by atoms with Gasteiger partial charge in [0, 0.05) is 0 Å². The number of alkyl halides is 3. The minimum Gasteiger partial charge on any atom is -0.451 e. The Morgan fingerprint density at radius 3 is 2.53 bits per heavy atom. The number of esters is 1. The largest absolute Gasteiger partial charge is 0.451 e. The first-order valence-corrected chi connectivity index (χ1v) is 9.39. The van der Waals surface area contributed by atoms with Gasteiger partial charge in [0.25, 0.3) is 5.91 Å². The lowest BCUT2D eigenvalue weighted by molar-refractivity contribution is -0.141. The van der Waals surface area contributed by atoms with Crippen LogP contribution in [0.15, 0.2) is 48.5 Å². The average Bonchev–Trinajstić information content (AvgIpc) is 3.17. The number of rotatable bonds is 6. The van der Waals surface area contributed by atoms with Crippen LogP contribution in [-0.2, 0) is 20.5 Å². The number of carbonyl (C=O) groups excluding carboxylic acids is 2. The molecule has 3 aromatic rings. The van der Waals surface area contributed by atoms with Gasteiger partial charge in [0.05, 0.1) is 16.3 Å². The van der Waals surface area contributed by atoms with Crippen LogP contribution in [0, 0.1) is 6.92 Å². The number of nitrogens with zero attached hydrogens (tertiary/aromatic N) is 4. The van der Waals surface area contributed by atoms with Crippen molar-refractivity contribution in [1.82, 2.24) is 20.2 Å².